The molecule has 0 saturated heterocycles. The molecular formula is C14H14N2O. The van der Waals surface area contributed by atoms with Crippen LogP contribution in [-0.2, 0) is 4.84 Å². The van der Waals surface area contributed by atoms with Crippen molar-refractivity contribution in [3.05, 3.63) is 66.0 Å². The SMILES string of the molecule is CCO/N=C(\c1ccccc1)c1ccncc1. The lowest BCUT2D eigenvalue weighted by atomic mass is 10.0. The van der Waals surface area contributed by atoms with E-state index in [-0.39, 0.29) is 0 Å². The smallest absolute Gasteiger partial charge is 0.117 e. The minimum atomic E-state index is 0.557. The molecule has 17 heavy (non-hydrogen) atoms. The van der Waals surface area contributed by atoms with E-state index in [9.17, 15) is 0 Å². The number of pyridine rings is 1. The van der Waals surface area contributed by atoms with Gasteiger partial charge in [-0.1, -0.05) is 35.5 Å². The first-order chi connectivity index (χ1) is 8.42. The van der Waals surface area contributed by atoms with E-state index in [1.165, 1.54) is 0 Å². The molecule has 0 aliphatic carbocycles. The zero-order chi connectivity index (χ0) is 11.9. The van der Waals surface area contributed by atoms with Gasteiger partial charge in [0.05, 0.1) is 0 Å². The first-order valence-electron chi connectivity index (χ1n) is 5.57. The van der Waals surface area contributed by atoms with Crippen LogP contribution in [0.2, 0.25) is 0 Å². The molecule has 2 aromatic rings. The van der Waals surface area contributed by atoms with Gasteiger partial charge in [-0.05, 0) is 19.1 Å². The highest BCUT2D eigenvalue weighted by Gasteiger charge is 2.06. The van der Waals surface area contributed by atoms with Gasteiger partial charge in [-0.2, -0.15) is 0 Å². The summed E-state index contributed by atoms with van der Waals surface area (Å²) in [5.41, 5.74) is 2.86. The summed E-state index contributed by atoms with van der Waals surface area (Å²) in [6.45, 7) is 2.47. The largest absolute Gasteiger partial charge is 0.396 e. The first kappa shape index (κ1) is 11.3. The molecule has 0 amide bonds. The summed E-state index contributed by atoms with van der Waals surface area (Å²) in [7, 11) is 0. The van der Waals surface area contributed by atoms with Gasteiger partial charge in [0, 0.05) is 23.5 Å². The molecule has 1 heterocycles. The van der Waals surface area contributed by atoms with E-state index < -0.39 is 0 Å². The Morgan fingerprint density at radius 3 is 2.35 bits per heavy atom. The molecule has 0 saturated carbocycles. The highest BCUT2D eigenvalue weighted by atomic mass is 16.6. The van der Waals surface area contributed by atoms with Crippen molar-refractivity contribution >= 4 is 5.71 Å². The van der Waals surface area contributed by atoms with Gasteiger partial charge in [0.25, 0.3) is 0 Å². The number of benzene rings is 1. The van der Waals surface area contributed by atoms with Crippen molar-refractivity contribution in [2.75, 3.05) is 6.61 Å². The van der Waals surface area contributed by atoms with Gasteiger partial charge in [0.2, 0.25) is 0 Å². The number of aromatic nitrogens is 1. The summed E-state index contributed by atoms with van der Waals surface area (Å²) in [5.74, 6) is 0. The van der Waals surface area contributed by atoms with E-state index >= 15 is 0 Å². The van der Waals surface area contributed by atoms with Crippen molar-refractivity contribution in [1.82, 2.24) is 4.98 Å². The minimum absolute atomic E-state index is 0.557. The Bertz CT molecular complexity index is 439. The third kappa shape index (κ3) is 2.91. The first-order valence-corrected chi connectivity index (χ1v) is 5.57. The van der Waals surface area contributed by atoms with E-state index in [0.717, 1.165) is 16.8 Å². The molecule has 0 aliphatic rings. The second-order valence-corrected chi connectivity index (χ2v) is 3.46. The van der Waals surface area contributed by atoms with Gasteiger partial charge in [-0.3, -0.25) is 4.98 Å². The highest BCUT2D eigenvalue weighted by Crippen LogP contribution is 2.10. The van der Waals surface area contributed by atoms with Crippen LogP contribution in [0, 0.1) is 0 Å². The van der Waals surface area contributed by atoms with Crippen LogP contribution in [0.5, 0.6) is 0 Å². The van der Waals surface area contributed by atoms with Gasteiger partial charge in [0.15, 0.2) is 0 Å². The normalized spacial score (nSPS) is 11.2. The van der Waals surface area contributed by atoms with Crippen LogP contribution in [0.3, 0.4) is 0 Å². The Hall–Kier alpha value is -2.16. The summed E-state index contributed by atoms with van der Waals surface area (Å²) in [6, 6.07) is 13.8. The quantitative estimate of drug-likeness (QED) is 0.593. The van der Waals surface area contributed by atoms with Crippen LogP contribution < -0.4 is 0 Å². The number of hydrogen-bond acceptors (Lipinski definition) is 3. The Kier molecular flexibility index (Phi) is 3.86. The van der Waals surface area contributed by atoms with E-state index in [2.05, 4.69) is 10.1 Å². The van der Waals surface area contributed by atoms with E-state index in [1.807, 2.05) is 49.4 Å². The molecule has 3 nitrogen and oxygen atoms in total. The molecule has 0 radical (unpaired) electrons. The van der Waals surface area contributed by atoms with E-state index in [4.69, 9.17) is 4.84 Å². The van der Waals surface area contributed by atoms with Crippen LogP contribution in [-0.4, -0.2) is 17.3 Å². The van der Waals surface area contributed by atoms with Gasteiger partial charge in [-0.15, -0.1) is 0 Å². The zero-order valence-corrected chi connectivity index (χ0v) is 9.71. The Balaban J connectivity index is 2.40. The Labute approximate surface area is 101 Å². The molecule has 0 bridgehead atoms. The van der Waals surface area contributed by atoms with Gasteiger partial charge < -0.3 is 4.84 Å². The topological polar surface area (TPSA) is 34.5 Å². The van der Waals surface area contributed by atoms with Crippen molar-refractivity contribution in [3.63, 3.8) is 0 Å². The summed E-state index contributed by atoms with van der Waals surface area (Å²) in [4.78, 5) is 9.18. The monoisotopic (exact) mass is 226 g/mol. The molecule has 0 N–H and O–H groups in total. The van der Waals surface area contributed by atoms with Crippen LogP contribution in [0.25, 0.3) is 0 Å². The molecular weight excluding hydrogens is 212 g/mol. The van der Waals surface area contributed by atoms with Crippen molar-refractivity contribution in [2.45, 2.75) is 6.92 Å². The standard InChI is InChI=1S/C14H14N2O/c1-2-17-16-14(12-6-4-3-5-7-12)13-8-10-15-11-9-13/h3-11H,2H2,1H3/b16-14+. The molecule has 0 fully saturated rings. The molecule has 0 aliphatic heterocycles. The predicted molar refractivity (Wildman–Crippen MR) is 67.9 cm³/mol. The summed E-state index contributed by atoms with van der Waals surface area (Å²) in [6.07, 6.45) is 3.50. The van der Waals surface area contributed by atoms with Crippen molar-refractivity contribution in [3.8, 4) is 0 Å². The summed E-state index contributed by atoms with van der Waals surface area (Å²) < 4.78 is 0. The fraction of sp³-hybridized carbons (Fsp3) is 0.143. The molecule has 3 heteroatoms. The highest BCUT2D eigenvalue weighted by molar-refractivity contribution is 6.12. The Morgan fingerprint density at radius 2 is 1.71 bits per heavy atom. The fourth-order valence-corrected chi connectivity index (χ4v) is 1.51. The molecule has 86 valence electrons. The third-order valence-corrected chi connectivity index (χ3v) is 2.29. The minimum Gasteiger partial charge on any atom is -0.396 e. The third-order valence-electron chi connectivity index (χ3n) is 2.29. The lowest BCUT2D eigenvalue weighted by Gasteiger charge is -2.06. The maximum absolute atomic E-state index is 5.17. The van der Waals surface area contributed by atoms with Crippen LogP contribution in [0.4, 0.5) is 0 Å². The predicted octanol–water partition coefficient (Wildman–Crippen LogP) is 2.87. The zero-order valence-electron chi connectivity index (χ0n) is 9.71. The maximum Gasteiger partial charge on any atom is 0.117 e. The summed E-state index contributed by atoms with van der Waals surface area (Å²) >= 11 is 0. The van der Waals surface area contributed by atoms with Gasteiger partial charge in [-0.25, -0.2) is 0 Å². The number of rotatable bonds is 4. The maximum atomic E-state index is 5.17. The average molecular weight is 226 g/mol. The lowest BCUT2D eigenvalue weighted by Crippen LogP contribution is -2.04. The number of oxime groups is 1. The van der Waals surface area contributed by atoms with Crippen molar-refractivity contribution < 1.29 is 4.84 Å². The van der Waals surface area contributed by atoms with Crippen molar-refractivity contribution in [2.24, 2.45) is 5.16 Å². The van der Waals surface area contributed by atoms with Crippen LogP contribution >= 0.6 is 0 Å². The molecule has 2 rings (SSSR count). The van der Waals surface area contributed by atoms with E-state index in [1.54, 1.807) is 12.4 Å². The van der Waals surface area contributed by atoms with Crippen LogP contribution in [0.15, 0.2) is 60.0 Å². The number of nitrogens with zero attached hydrogens (tertiary/aromatic N) is 2. The molecule has 1 aromatic carbocycles. The molecule has 0 atom stereocenters. The second kappa shape index (κ2) is 5.80. The molecule has 0 unspecified atom stereocenters. The van der Waals surface area contributed by atoms with Gasteiger partial charge >= 0.3 is 0 Å². The number of hydrogen-bond donors (Lipinski definition) is 0. The van der Waals surface area contributed by atoms with Crippen molar-refractivity contribution in [1.29, 1.82) is 0 Å². The molecule has 0 spiro atoms. The average Bonchev–Trinajstić information content (AvgIpc) is 2.42. The van der Waals surface area contributed by atoms with Crippen LogP contribution in [0.1, 0.15) is 18.1 Å². The Morgan fingerprint density at radius 1 is 1.06 bits per heavy atom. The van der Waals surface area contributed by atoms with Gasteiger partial charge in [0.1, 0.15) is 12.3 Å². The van der Waals surface area contributed by atoms with E-state index in [0.29, 0.717) is 6.61 Å². The lowest BCUT2D eigenvalue weighted by molar-refractivity contribution is 0.159. The fourth-order valence-electron chi connectivity index (χ4n) is 1.51. The summed E-state index contributed by atoms with van der Waals surface area (Å²) in [5, 5.41) is 4.17. The second-order valence-electron chi connectivity index (χ2n) is 3.46. The molecule has 1 aromatic heterocycles.